The van der Waals surface area contributed by atoms with Crippen molar-refractivity contribution in [1.82, 2.24) is 4.90 Å². The molecule has 2 saturated heterocycles. The molecule has 70 valence electrons. The molecular formula is C9H18N2O. The molecule has 0 unspecified atom stereocenters. The Balaban J connectivity index is 1.84. The Morgan fingerprint density at radius 2 is 2.08 bits per heavy atom. The van der Waals surface area contributed by atoms with Gasteiger partial charge >= 0.3 is 0 Å². The Morgan fingerprint density at radius 3 is 2.58 bits per heavy atom. The smallest absolute Gasteiger partial charge is 0.0652 e. The number of methoxy groups -OCH3 is 1. The average molecular weight is 170 g/mol. The van der Waals surface area contributed by atoms with Crippen molar-refractivity contribution in [3.8, 4) is 0 Å². The first-order valence-corrected chi connectivity index (χ1v) is 4.80. The van der Waals surface area contributed by atoms with Gasteiger partial charge in [-0.05, 0) is 18.3 Å². The van der Waals surface area contributed by atoms with Crippen LogP contribution in [0.3, 0.4) is 0 Å². The molecule has 2 atom stereocenters. The summed E-state index contributed by atoms with van der Waals surface area (Å²) >= 11 is 0. The highest BCUT2D eigenvalue weighted by Gasteiger charge is 2.46. The van der Waals surface area contributed by atoms with Gasteiger partial charge < -0.3 is 15.4 Å². The summed E-state index contributed by atoms with van der Waals surface area (Å²) in [5.41, 5.74) is 5.51. The van der Waals surface area contributed by atoms with Crippen molar-refractivity contribution in [2.45, 2.75) is 12.5 Å². The lowest BCUT2D eigenvalue weighted by Gasteiger charge is -2.52. The topological polar surface area (TPSA) is 38.5 Å². The van der Waals surface area contributed by atoms with Gasteiger partial charge in [-0.2, -0.15) is 0 Å². The van der Waals surface area contributed by atoms with Crippen molar-refractivity contribution in [2.24, 2.45) is 17.6 Å². The van der Waals surface area contributed by atoms with Gasteiger partial charge in [-0.3, -0.25) is 0 Å². The predicted molar refractivity (Wildman–Crippen MR) is 47.9 cm³/mol. The predicted octanol–water partition coefficient (Wildman–Crippen LogP) is -0.0882. The van der Waals surface area contributed by atoms with Crippen molar-refractivity contribution in [2.75, 3.05) is 33.3 Å². The van der Waals surface area contributed by atoms with E-state index < -0.39 is 0 Å². The fourth-order valence-electron chi connectivity index (χ4n) is 2.69. The van der Waals surface area contributed by atoms with Crippen molar-refractivity contribution < 1.29 is 4.74 Å². The molecule has 2 N–H and O–H groups in total. The molecule has 1 saturated carbocycles. The largest absolute Gasteiger partial charge is 0.381 e. The normalized spacial score (nSPS) is 41.0. The highest BCUT2D eigenvalue weighted by Crippen LogP contribution is 2.41. The van der Waals surface area contributed by atoms with Crippen LogP contribution in [0.2, 0.25) is 0 Å². The monoisotopic (exact) mass is 170 g/mol. The first-order valence-electron chi connectivity index (χ1n) is 4.80. The van der Waals surface area contributed by atoms with E-state index in [0.29, 0.717) is 6.10 Å². The summed E-state index contributed by atoms with van der Waals surface area (Å²) in [5.74, 6) is 1.58. The molecule has 2 heterocycles. The number of hydrogen-bond donors (Lipinski definition) is 1. The molecule has 0 aromatic rings. The van der Waals surface area contributed by atoms with E-state index in [1.54, 1.807) is 0 Å². The summed E-state index contributed by atoms with van der Waals surface area (Å²) in [4.78, 5) is 2.47. The maximum absolute atomic E-state index is 5.51. The molecule has 0 spiro atoms. The van der Waals surface area contributed by atoms with Crippen LogP contribution in [0.15, 0.2) is 0 Å². The molecule has 3 rings (SSSR count). The van der Waals surface area contributed by atoms with Crippen LogP contribution in [0.1, 0.15) is 6.42 Å². The lowest BCUT2D eigenvalue weighted by molar-refractivity contribution is -0.126. The Hall–Kier alpha value is -0.120. The second-order valence-corrected chi connectivity index (χ2v) is 4.00. The van der Waals surface area contributed by atoms with E-state index in [1.807, 2.05) is 7.11 Å². The lowest BCUT2D eigenvalue weighted by Crippen LogP contribution is -2.59. The minimum absolute atomic E-state index is 0.555. The van der Waals surface area contributed by atoms with Gasteiger partial charge in [-0.15, -0.1) is 0 Å². The fourth-order valence-corrected chi connectivity index (χ4v) is 2.69. The van der Waals surface area contributed by atoms with Crippen molar-refractivity contribution >= 4 is 0 Å². The summed E-state index contributed by atoms with van der Waals surface area (Å²) in [6, 6.07) is 0. The number of hydrogen-bond acceptors (Lipinski definition) is 3. The molecule has 2 bridgehead atoms. The van der Waals surface area contributed by atoms with Crippen LogP contribution in [0.5, 0.6) is 0 Å². The molecule has 0 amide bonds. The van der Waals surface area contributed by atoms with Crippen molar-refractivity contribution in [3.05, 3.63) is 0 Å². The molecule has 0 radical (unpaired) electrons. The van der Waals surface area contributed by atoms with Crippen LogP contribution in [-0.4, -0.2) is 44.3 Å². The minimum Gasteiger partial charge on any atom is -0.381 e. The standard InChI is InChI=1S/C9H18N2O/c1-12-9-7-4-8(9)6-11(5-7)3-2-10/h7-9H,2-6,10H2,1H3/t7-,8-/m0/s1. The number of piperidine rings is 2. The Bertz CT molecular complexity index is 147. The van der Waals surface area contributed by atoms with Crippen LogP contribution in [-0.2, 0) is 4.74 Å². The van der Waals surface area contributed by atoms with E-state index in [2.05, 4.69) is 4.90 Å². The maximum atomic E-state index is 5.51. The number of rotatable bonds is 3. The van der Waals surface area contributed by atoms with Crippen LogP contribution in [0.25, 0.3) is 0 Å². The molecule has 2 aliphatic heterocycles. The number of ether oxygens (including phenoxy) is 1. The first kappa shape index (κ1) is 8.48. The van der Waals surface area contributed by atoms with Crippen LogP contribution >= 0.6 is 0 Å². The molecule has 3 fully saturated rings. The summed E-state index contributed by atoms with van der Waals surface area (Å²) in [6.45, 7) is 4.25. The number of fused-ring (bicyclic) bond motifs is 2. The quantitative estimate of drug-likeness (QED) is 0.643. The zero-order valence-corrected chi connectivity index (χ0v) is 7.70. The van der Waals surface area contributed by atoms with Gasteiger partial charge in [0.05, 0.1) is 6.10 Å². The molecule has 3 nitrogen and oxygen atoms in total. The molecule has 0 aromatic carbocycles. The highest BCUT2D eigenvalue weighted by molar-refractivity contribution is 4.98. The average Bonchev–Trinajstić information content (AvgIpc) is 2.05. The summed E-state index contributed by atoms with van der Waals surface area (Å²) in [6.07, 6.45) is 1.93. The van der Waals surface area contributed by atoms with Crippen LogP contribution in [0, 0.1) is 11.8 Å². The van der Waals surface area contributed by atoms with Gasteiger partial charge in [0.2, 0.25) is 0 Å². The molecular weight excluding hydrogens is 152 g/mol. The molecule has 1 aliphatic carbocycles. The third-order valence-electron chi connectivity index (χ3n) is 3.24. The summed E-state index contributed by atoms with van der Waals surface area (Å²) in [5, 5.41) is 0. The van der Waals surface area contributed by atoms with E-state index in [4.69, 9.17) is 10.5 Å². The van der Waals surface area contributed by atoms with Crippen molar-refractivity contribution in [3.63, 3.8) is 0 Å². The van der Waals surface area contributed by atoms with Crippen LogP contribution < -0.4 is 5.73 Å². The van der Waals surface area contributed by atoms with Gasteiger partial charge in [0, 0.05) is 33.3 Å². The SMILES string of the molecule is COC1[C@H]2C[C@H]1CN(CCN)C2. The third kappa shape index (κ3) is 1.26. The van der Waals surface area contributed by atoms with E-state index in [0.717, 1.165) is 24.9 Å². The number of nitrogens with two attached hydrogens (primary N) is 1. The zero-order chi connectivity index (χ0) is 8.55. The fraction of sp³-hybridized carbons (Fsp3) is 1.00. The molecule has 12 heavy (non-hydrogen) atoms. The van der Waals surface area contributed by atoms with E-state index in [-0.39, 0.29) is 0 Å². The molecule has 3 heteroatoms. The van der Waals surface area contributed by atoms with E-state index in [1.165, 1.54) is 19.5 Å². The first-order chi connectivity index (χ1) is 5.85. The van der Waals surface area contributed by atoms with E-state index in [9.17, 15) is 0 Å². The minimum atomic E-state index is 0.555. The van der Waals surface area contributed by atoms with Crippen LogP contribution in [0.4, 0.5) is 0 Å². The lowest BCUT2D eigenvalue weighted by atomic mass is 9.68. The van der Waals surface area contributed by atoms with Gasteiger partial charge in [-0.25, -0.2) is 0 Å². The summed E-state index contributed by atoms with van der Waals surface area (Å²) in [7, 11) is 1.84. The third-order valence-corrected chi connectivity index (χ3v) is 3.24. The second-order valence-electron chi connectivity index (χ2n) is 4.00. The summed E-state index contributed by atoms with van der Waals surface area (Å²) < 4.78 is 5.42. The second kappa shape index (κ2) is 3.32. The van der Waals surface area contributed by atoms with Crippen molar-refractivity contribution in [1.29, 1.82) is 0 Å². The molecule has 0 aromatic heterocycles. The maximum Gasteiger partial charge on any atom is 0.0652 e. The van der Waals surface area contributed by atoms with Gasteiger partial charge in [0.1, 0.15) is 0 Å². The Kier molecular flexibility index (Phi) is 2.35. The highest BCUT2D eigenvalue weighted by atomic mass is 16.5. The zero-order valence-electron chi connectivity index (χ0n) is 7.70. The van der Waals surface area contributed by atoms with Gasteiger partial charge in [0.25, 0.3) is 0 Å². The number of nitrogens with zero attached hydrogens (tertiary/aromatic N) is 1. The van der Waals surface area contributed by atoms with Gasteiger partial charge in [-0.1, -0.05) is 0 Å². The Labute approximate surface area is 73.9 Å². The van der Waals surface area contributed by atoms with E-state index >= 15 is 0 Å². The molecule has 3 aliphatic rings. The van der Waals surface area contributed by atoms with Gasteiger partial charge in [0.15, 0.2) is 0 Å². The Morgan fingerprint density at radius 1 is 1.42 bits per heavy atom.